The lowest BCUT2D eigenvalue weighted by Gasteiger charge is -2.29. The summed E-state index contributed by atoms with van der Waals surface area (Å²) in [6.07, 6.45) is 2.22. The van der Waals surface area contributed by atoms with Crippen LogP contribution in [0.1, 0.15) is 12.5 Å². The van der Waals surface area contributed by atoms with Gasteiger partial charge in [-0.3, -0.25) is 14.6 Å². The van der Waals surface area contributed by atoms with Crippen LogP contribution in [0.3, 0.4) is 0 Å². The quantitative estimate of drug-likeness (QED) is 0.367. The second-order valence-electron chi connectivity index (χ2n) is 8.05. The SMILES string of the molecule is CCS(=O)(=O)c1ccc(CC(=O)N(CCN2CCOCC2)c2nc3ccc(SC)cc3s2)cc1.Cl. The summed E-state index contributed by atoms with van der Waals surface area (Å²) in [5.41, 5.74) is 1.67. The molecular weight excluding hydrogens is 526 g/mol. The van der Waals surface area contributed by atoms with Gasteiger partial charge in [0.2, 0.25) is 5.91 Å². The minimum absolute atomic E-state index is 0. The number of anilines is 1. The Hall–Kier alpha value is -1.69. The molecule has 1 aromatic heterocycles. The first-order valence-electron chi connectivity index (χ1n) is 11.3. The van der Waals surface area contributed by atoms with Crippen LogP contribution in [0.5, 0.6) is 0 Å². The van der Waals surface area contributed by atoms with Gasteiger partial charge >= 0.3 is 0 Å². The van der Waals surface area contributed by atoms with Crippen molar-refractivity contribution in [3.8, 4) is 0 Å². The number of ether oxygens (including phenoxy) is 1. The number of thiazole rings is 1. The van der Waals surface area contributed by atoms with Gasteiger partial charge in [0, 0.05) is 31.1 Å². The van der Waals surface area contributed by atoms with Crippen LogP contribution in [0.25, 0.3) is 10.2 Å². The van der Waals surface area contributed by atoms with Crippen molar-refractivity contribution in [2.24, 2.45) is 0 Å². The first-order valence-corrected chi connectivity index (χ1v) is 15.0. The lowest BCUT2D eigenvalue weighted by molar-refractivity contribution is -0.118. The van der Waals surface area contributed by atoms with E-state index in [2.05, 4.69) is 11.0 Å². The Balaban J connectivity index is 0.00000342. The fourth-order valence-corrected chi connectivity index (χ4v) is 6.23. The predicted octanol–water partition coefficient (Wildman–Crippen LogP) is 4.14. The topological polar surface area (TPSA) is 79.8 Å². The number of nitrogens with zero attached hydrogens (tertiary/aromatic N) is 3. The molecule has 2 aromatic carbocycles. The van der Waals surface area contributed by atoms with Gasteiger partial charge in [-0.05, 0) is 42.2 Å². The van der Waals surface area contributed by atoms with Crippen LogP contribution < -0.4 is 4.90 Å². The Morgan fingerprint density at radius 2 is 1.89 bits per heavy atom. The number of sulfone groups is 1. The number of thioether (sulfide) groups is 1. The van der Waals surface area contributed by atoms with Crippen molar-refractivity contribution in [2.75, 3.05) is 56.3 Å². The van der Waals surface area contributed by atoms with Crippen molar-refractivity contribution in [1.82, 2.24) is 9.88 Å². The maximum Gasteiger partial charge on any atom is 0.233 e. The Labute approximate surface area is 221 Å². The van der Waals surface area contributed by atoms with Crippen molar-refractivity contribution in [1.29, 1.82) is 0 Å². The highest BCUT2D eigenvalue weighted by atomic mass is 35.5. The minimum Gasteiger partial charge on any atom is -0.379 e. The number of carbonyl (C=O) groups excluding carboxylic acids is 1. The van der Waals surface area contributed by atoms with Crippen LogP contribution >= 0.6 is 35.5 Å². The van der Waals surface area contributed by atoms with Gasteiger partial charge in [-0.25, -0.2) is 13.4 Å². The van der Waals surface area contributed by atoms with E-state index in [9.17, 15) is 13.2 Å². The average molecular weight is 556 g/mol. The van der Waals surface area contributed by atoms with E-state index in [0.29, 0.717) is 24.9 Å². The van der Waals surface area contributed by atoms with E-state index in [0.717, 1.165) is 40.3 Å². The molecule has 0 unspecified atom stereocenters. The monoisotopic (exact) mass is 555 g/mol. The van der Waals surface area contributed by atoms with Crippen LogP contribution in [-0.4, -0.2) is 75.6 Å². The zero-order valence-corrected chi connectivity index (χ0v) is 23.1. The Bertz CT molecular complexity index is 1240. The summed E-state index contributed by atoms with van der Waals surface area (Å²) in [7, 11) is -3.27. The molecule has 7 nitrogen and oxygen atoms in total. The number of aromatic nitrogens is 1. The normalized spacial score (nSPS) is 14.6. The highest BCUT2D eigenvalue weighted by Crippen LogP contribution is 2.32. The molecular formula is C24H30ClN3O4S3. The molecule has 3 aromatic rings. The lowest BCUT2D eigenvalue weighted by Crippen LogP contribution is -2.43. The third-order valence-corrected chi connectivity index (χ3v) is 9.39. The molecule has 190 valence electrons. The highest BCUT2D eigenvalue weighted by Gasteiger charge is 2.22. The van der Waals surface area contributed by atoms with E-state index < -0.39 is 9.84 Å². The number of hydrogen-bond donors (Lipinski definition) is 0. The molecule has 0 N–H and O–H groups in total. The second kappa shape index (κ2) is 12.5. The molecule has 1 aliphatic heterocycles. The molecule has 4 rings (SSSR count). The van der Waals surface area contributed by atoms with Gasteiger partial charge in [0.25, 0.3) is 0 Å². The number of benzene rings is 2. The first-order chi connectivity index (χ1) is 16.4. The summed E-state index contributed by atoms with van der Waals surface area (Å²) in [6, 6.07) is 12.8. The van der Waals surface area contributed by atoms with Gasteiger partial charge in [0.15, 0.2) is 15.0 Å². The van der Waals surface area contributed by atoms with Gasteiger partial charge in [0.05, 0.1) is 40.5 Å². The van der Waals surface area contributed by atoms with Gasteiger partial charge < -0.3 is 4.74 Å². The van der Waals surface area contributed by atoms with Gasteiger partial charge in [-0.1, -0.05) is 30.4 Å². The zero-order chi connectivity index (χ0) is 24.1. The Kier molecular flexibility index (Phi) is 9.97. The molecule has 1 amide bonds. The van der Waals surface area contributed by atoms with Crippen LogP contribution in [0.15, 0.2) is 52.3 Å². The average Bonchev–Trinajstić information content (AvgIpc) is 3.28. The summed E-state index contributed by atoms with van der Waals surface area (Å²) in [5.74, 6) is -0.000273. The fraction of sp³-hybridized carbons (Fsp3) is 0.417. The highest BCUT2D eigenvalue weighted by molar-refractivity contribution is 7.98. The van der Waals surface area contributed by atoms with Crippen LogP contribution in [0, 0.1) is 0 Å². The Morgan fingerprint density at radius 1 is 1.17 bits per heavy atom. The minimum atomic E-state index is -3.27. The molecule has 11 heteroatoms. The number of morpholine rings is 1. The summed E-state index contributed by atoms with van der Waals surface area (Å²) < 4.78 is 30.7. The first kappa shape index (κ1) is 27.9. The molecule has 0 atom stereocenters. The van der Waals surface area contributed by atoms with Crippen molar-refractivity contribution in [3.63, 3.8) is 0 Å². The Morgan fingerprint density at radius 3 is 2.54 bits per heavy atom. The second-order valence-corrected chi connectivity index (χ2v) is 12.2. The van der Waals surface area contributed by atoms with E-state index in [-0.39, 0.29) is 35.4 Å². The van der Waals surface area contributed by atoms with Crippen LogP contribution in [0.4, 0.5) is 5.13 Å². The number of fused-ring (bicyclic) bond motifs is 1. The number of amides is 1. The molecule has 0 radical (unpaired) electrons. The van der Waals surface area contributed by atoms with Gasteiger partial charge in [-0.2, -0.15) is 0 Å². The van der Waals surface area contributed by atoms with Gasteiger partial charge in [0.1, 0.15) is 0 Å². The lowest BCUT2D eigenvalue weighted by atomic mass is 10.1. The maximum absolute atomic E-state index is 13.5. The number of halogens is 1. The van der Waals surface area contributed by atoms with Crippen LogP contribution in [-0.2, 0) is 25.8 Å². The smallest absolute Gasteiger partial charge is 0.233 e. The molecule has 0 bridgehead atoms. The maximum atomic E-state index is 13.5. The van der Waals surface area contributed by atoms with E-state index in [4.69, 9.17) is 9.72 Å². The molecule has 0 spiro atoms. The van der Waals surface area contributed by atoms with Crippen molar-refractivity contribution in [2.45, 2.75) is 23.1 Å². The molecule has 0 saturated carbocycles. The fourth-order valence-electron chi connectivity index (χ4n) is 3.78. The third-order valence-electron chi connectivity index (χ3n) is 5.88. The molecule has 1 fully saturated rings. The summed E-state index contributed by atoms with van der Waals surface area (Å²) in [4.78, 5) is 23.7. The summed E-state index contributed by atoms with van der Waals surface area (Å²) in [6.45, 7) is 6.03. The number of carbonyl (C=O) groups is 1. The van der Waals surface area contributed by atoms with Crippen LogP contribution in [0.2, 0.25) is 0 Å². The third kappa shape index (κ3) is 6.96. The molecule has 0 aliphatic carbocycles. The van der Waals surface area contributed by atoms with E-state index in [1.165, 1.54) is 11.3 Å². The predicted molar refractivity (Wildman–Crippen MR) is 146 cm³/mol. The van der Waals surface area contributed by atoms with Crippen molar-refractivity contribution < 1.29 is 17.9 Å². The standard InChI is InChI=1S/C24H29N3O4S3.ClH/c1-3-34(29,30)20-7-4-18(5-8-20)16-23(28)27(11-10-26-12-14-31-15-13-26)24-25-21-9-6-19(32-2)17-22(21)33-24;/h4-9,17H,3,10-16H2,1-2H3;1H. The molecule has 1 saturated heterocycles. The van der Waals surface area contributed by atoms with E-state index >= 15 is 0 Å². The van der Waals surface area contributed by atoms with E-state index in [1.807, 2.05) is 18.4 Å². The zero-order valence-electron chi connectivity index (χ0n) is 19.8. The molecule has 2 heterocycles. The van der Waals surface area contributed by atoms with Gasteiger partial charge in [-0.15, -0.1) is 24.2 Å². The number of hydrogen-bond acceptors (Lipinski definition) is 8. The molecule has 1 aliphatic rings. The van der Waals surface area contributed by atoms with Crippen molar-refractivity contribution in [3.05, 3.63) is 48.0 Å². The number of rotatable bonds is 9. The molecule has 35 heavy (non-hydrogen) atoms. The summed E-state index contributed by atoms with van der Waals surface area (Å²) >= 11 is 3.21. The van der Waals surface area contributed by atoms with E-state index in [1.54, 1.807) is 47.9 Å². The largest absolute Gasteiger partial charge is 0.379 e. The van der Waals surface area contributed by atoms with Crippen molar-refractivity contribution >= 4 is 66.6 Å². The summed E-state index contributed by atoms with van der Waals surface area (Å²) in [5, 5.41) is 0.691.